The zero-order valence-corrected chi connectivity index (χ0v) is 15.5. The minimum Gasteiger partial charge on any atom is -0.483 e. The van der Waals surface area contributed by atoms with Gasteiger partial charge in [0.05, 0.1) is 12.5 Å². The first-order chi connectivity index (χ1) is 13.7. The van der Waals surface area contributed by atoms with Crippen molar-refractivity contribution in [1.82, 2.24) is 4.90 Å². The number of benzene rings is 3. The molecule has 0 radical (unpaired) electrons. The number of ether oxygens (including phenoxy) is 1. The van der Waals surface area contributed by atoms with Gasteiger partial charge in [-0.2, -0.15) is 5.26 Å². The quantitative estimate of drug-likeness (QED) is 0.604. The van der Waals surface area contributed by atoms with Gasteiger partial charge in [-0.25, -0.2) is 0 Å². The Morgan fingerprint density at radius 1 is 1.04 bits per heavy atom. The Kier molecular flexibility index (Phi) is 6.37. The molecule has 0 aliphatic rings. The van der Waals surface area contributed by atoms with Crippen LogP contribution in [0.5, 0.6) is 5.75 Å². The van der Waals surface area contributed by atoms with Gasteiger partial charge in [0.2, 0.25) is 0 Å². The van der Waals surface area contributed by atoms with E-state index in [-0.39, 0.29) is 18.9 Å². The van der Waals surface area contributed by atoms with Crippen molar-refractivity contribution in [2.24, 2.45) is 0 Å². The lowest BCUT2D eigenvalue weighted by atomic mass is 10.0. The highest BCUT2D eigenvalue weighted by Crippen LogP contribution is 2.27. The first-order valence-electron chi connectivity index (χ1n) is 9.06. The lowest BCUT2D eigenvalue weighted by Crippen LogP contribution is -2.35. The van der Waals surface area contributed by atoms with Crippen LogP contribution < -0.4 is 4.74 Å². The smallest absolute Gasteiger partial charge is 0.260 e. The molecular formula is C23H21N3O2. The van der Waals surface area contributed by atoms with Crippen LogP contribution >= 0.6 is 0 Å². The van der Waals surface area contributed by atoms with Crippen LogP contribution in [0, 0.1) is 16.7 Å². The summed E-state index contributed by atoms with van der Waals surface area (Å²) in [7, 11) is 0. The summed E-state index contributed by atoms with van der Waals surface area (Å²) in [5, 5.41) is 18.2. The number of nitrogens with one attached hydrogen (secondary N) is 1. The number of hydrogen-bond donors (Lipinski definition) is 1. The number of rotatable bonds is 8. The van der Waals surface area contributed by atoms with Gasteiger partial charge in [-0.05, 0) is 23.1 Å². The van der Waals surface area contributed by atoms with Crippen LogP contribution in [0.3, 0.4) is 0 Å². The third kappa shape index (κ3) is 4.54. The van der Waals surface area contributed by atoms with Crippen LogP contribution in [0.2, 0.25) is 0 Å². The predicted octanol–water partition coefficient (Wildman–Crippen LogP) is 4.16. The van der Waals surface area contributed by atoms with Crippen LogP contribution in [0.4, 0.5) is 0 Å². The minimum absolute atomic E-state index is 0.105. The lowest BCUT2D eigenvalue weighted by molar-refractivity contribution is -0.133. The Bertz CT molecular complexity index is 1010. The molecule has 1 N–H and O–H groups in total. The molecule has 28 heavy (non-hydrogen) atoms. The summed E-state index contributed by atoms with van der Waals surface area (Å²) in [6.45, 7) is 0.700. The fraction of sp³-hybridized carbons (Fsp3) is 0.174. The molecule has 0 saturated carbocycles. The molecule has 5 nitrogen and oxygen atoms in total. The number of carbonyl (C=O) groups excluding carboxylic acids is 1. The second-order valence-electron chi connectivity index (χ2n) is 6.34. The number of nitriles is 1. The maximum Gasteiger partial charge on any atom is 0.260 e. The van der Waals surface area contributed by atoms with Crippen LogP contribution in [0.25, 0.3) is 10.8 Å². The van der Waals surface area contributed by atoms with Gasteiger partial charge < -0.3 is 15.0 Å². The molecule has 0 spiro atoms. The van der Waals surface area contributed by atoms with Crippen molar-refractivity contribution in [2.45, 2.75) is 13.0 Å². The summed E-state index contributed by atoms with van der Waals surface area (Å²) in [5.41, 5.74) is 1.81. The number of fused-ring (bicyclic) bond motifs is 1. The molecule has 0 saturated heterocycles. The third-order valence-corrected chi connectivity index (χ3v) is 4.49. The first-order valence-corrected chi connectivity index (χ1v) is 9.06. The Morgan fingerprint density at radius 2 is 1.75 bits per heavy atom. The highest BCUT2D eigenvalue weighted by Gasteiger charge is 2.15. The van der Waals surface area contributed by atoms with Gasteiger partial charge in [-0.1, -0.05) is 54.6 Å². The monoisotopic (exact) mass is 371 g/mol. The van der Waals surface area contributed by atoms with E-state index in [1.807, 2.05) is 60.7 Å². The summed E-state index contributed by atoms with van der Waals surface area (Å²) < 4.78 is 5.83. The molecule has 0 aromatic heterocycles. The number of amides is 1. The van der Waals surface area contributed by atoms with Gasteiger partial charge >= 0.3 is 0 Å². The second-order valence-corrected chi connectivity index (χ2v) is 6.34. The molecule has 5 heteroatoms. The molecule has 0 unspecified atom stereocenters. The van der Waals surface area contributed by atoms with E-state index in [4.69, 9.17) is 15.4 Å². The Morgan fingerprint density at radius 3 is 2.46 bits per heavy atom. The first kappa shape index (κ1) is 19.1. The van der Waals surface area contributed by atoms with E-state index in [0.29, 0.717) is 18.8 Å². The van der Waals surface area contributed by atoms with Crippen LogP contribution in [-0.2, 0) is 11.3 Å². The van der Waals surface area contributed by atoms with Gasteiger partial charge in [0, 0.05) is 30.3 Å². The highest BCUT2D eigenvalue weighted by atomic mass is 16.5. The maximum atomic E-state index is 12.7. The zero-order valence-electron chi connectivity index (χ0n) is 15.5. The molecule has 0 fully saturated rings. The molecule has 0 aliphatic heterocycles. The molecule has 3 rings (SSSR count). The van der Waals surface area contributed by atoms with Gasteiger partial charge in [0.15, 0.2) is 6.61 Å². The average molecular weight is 371 g/mol. The molecular weight excluding hydrogens is 350 g/mol. The highest BCUT2D eigenvalue weighted by molar-refractivity contribution is 6.01. The fourth-order valence-electron chi connectivity index (χ4n) is 3.06. The summed E-state index contributed by atoms with van der Waals surface area (Å²) in [6, 6.07) is 23.0. The SMILES string of the molecule is N#CCCN(Cc1ccccc1)C(=O)COc1ccc(C=N)c2ccccc12. The third-order valence-electron chi connectivity index (χ3n) is 4.49. The fourth-order valence-corrected chi connectivity index (χ4v) is 3.06. The van der Waals surface area contributed by atoms with E-state index in [2.05, 4.69) is 6.07 Å². The normalized spacial score (nSPS) is 10.2. The second kappa shape index (κ2) is 9.33. The van der Waals surface area contributed by atoms with Gasteiger partial charge in [-0.3, -0.25) is 4.79 Å². The average Bonchev–Trinajstić information content (AvgIpc) is 2.75. The van der Waals surface area contributed by atoms with E-state index >= 15 is 0 Å². The standard InChI is InChI=1S/C23H21N3O2/c24-13-6-14-26(16-18-7-2-1-3-8-18)23(27)17-28-22-12-11-19(15-25)20-9-4-5-10-21(20)22/h1-5,7-12,15,25H,6,14,16-17H2. The summed E-state index contributed by atoms with van der Waals surface area (Å²) >= 11 is 0. The van der Waals surface area contributed by atoms with Crippen molar-refractivity contribution in [2.75, 3.05) is 13.2 Å². The summed E-state index contributed by atoms with van der Waals surface area (Å²) in [6.07, 6.45) is 1.58. The molecule has 1 amide bonds. The van der Waals surface area contributed by atoms with Crippen LogP contribution in [0.15, 0.2) is 66.7 Å². The van der Waals surface area contributed by atoms with Gasteiger partial charge in [0.25, 0.3) is 5.91 Å². The van der Waals surface area contributed by atoms with E-state index in [1.54, 1.807) is 11.0 Å². The van der Waals surface area contributed by atoms with E-state index < -0.39 is 0 Å². The van der Waals surface area contributed by atoms with E-state index in [1.165, 1.54) is 6.21 Å². The Balaban J connectivity index is 1.74. The molecule has 0 heterocycles. The van der Waals surface area contributed by atoms with Crippen LogP contribution in [0.1, 0.15) is 17.5 Å². The van der Waals surface area contributed by atoms with Crippen molar-refractivity contribution in [3.05, 3.63) is 77.9 Å². The predicted molar refractivity (Wildman–Crippen MR) is 109 cm³/mol. The maximum absolute atomic E-state index is 12.7. The molecule has 0 atom stereocenters. The van der Waals surface area contributed by atoms with Crippen molar-refractivity contribution in [3.63, 3.8) is 0 Å². The van der Waals surface area contributed by atoms with Crippen molar-refractivity contribution in [3.8, 4) is 11.8 Å². The van der Waals surface area contributed by atoms with Crippen molar-refractivity contribution < 1.29 is 9.53 Å². The van der Waals surface area contributed by atoms with Crippen LogP contribution in [-0.4, -0.2) is 30.2 Å². The lowest BCUT2D eigenvalue weighted by Gasteiger charge is -2.22. The van der Waals surface area contributed by atoms with E-state index in [9.17, 15) is 4.79 Å². The summed E-state index contributed by atoms with van der Waals surface area (Å²) in [4.78, 5) is 14.4. The molecule has 0 aliphatic carbocycles. The largest absolute Gasteiger partial charge is 0.483 e. The Hall–Kier alpha value is -3.65. The van der Waals surface area contributed by atoms with Crippen molar-refractivity contribution in [1.29, 1.82) is 10.7 Å². The number of carbonyl (C=O) groups is 1. The van der Waals surface area contributed by atoms with Crippen molar-refractivity contribution >= 4 is 22.9 Å². The zero-order chi connectivity index (χ0) is 19.8. The Labute approximate surface area is 164 Å². The van der Waals surface area contributed by atoms with E-state index in [0.717, 1.165) is 21.9 Å². The van der Waals surface area contributed by atoms with Gasteiger partial charge in [0.1, 0.15) is 5.75 Å². The molecule has 3 aromatic rings. The molecule has 0 bridgehead atoms. The molecule has 140 valence electrons. The molecule has 3 aromatic carbocycles. The summed E-state index contributed by atoms with van der Waals surface area (Å²) in [5.74, 6) is 0.439. The topological polar surface area (TPSA) is 77.2 Å². The van der Waals surface area contributed by atoms with Gasteiger partial charge in [-0.15, -0.1) is 0 Å². The number of hydrogen-bond acceptors (Lipinski definition) is 4. The minimum atomic E-state index is -0.167. The number of nitrogens with zero attached hydrogens (tertiary/aromatic N) is 2.